The number of aliphatic hydroxyl groups is 1. The number of hydrogen-bond donors (Lipinski definition) is 3. The topological polar surface area (TPSA) is 61.4 Å². The third kappa shape index (κ3) is 3.86. The SMILES string of the molecule is O=C(NCC(O)C(F)F)C1CCC2CCCCC2N1. The Labute approximate surface area is 111 Å². The van der Waals surface area contributed by atoms with E-state index in [0.29, 0.717) is 12.0 Å². The van der Waals surface area contributed by atoms with Gasteiger partial charge in [0.1, 0.15) is 6.10 Å². The molecular weight excluding hydrogens is 254 g/mol. The van der Waals surface area contributed by atoms with Gasteiger partial charge in [-0.05, 0) is 31.6 Å². The molecule has 2 aliphatic rings. The summed E-state index contributed by atoms with van der Waals surface area (Å²) in [6.45, 7) is -0.386. The highest BCUT2D eigenvalue weighted by Gasteiger charge is 2.34. The van der Waals surface area contributed by atoms with Gasteiger partial charge in [0.05, 0.1) is 6.04 Å². The first kappa shape index (κ1) is 14.7. The molecule has 0 spiro atoms. The van der Waals surface area contributed by atoms with Crippen LogP contribution in [0.5, 0.6) is 0 Å². The van der Waals surface area contributed by atoms with Crippen LogP contribution in [0.4, 0.5) is 8.78 Å². The van der Waals surface area contributed by atoms with Crippen molar-refractivity contribution < 1.29 is 18.7 Å². The molecule has 3 N–H and O–H groups in total. The number of aliphatic hydroxyl groups excluding tert-OH is 1. The fourth-order valence-electron chi connectivity index (χ4n) is 3.12. The van der Waals surface area contributed by atoms with Crippen LogP contribution in [-0.4, -0.2) is 42.2 Å². The van der Waals surface area contributed by atoms with Crippen LogP contribution in [0.25, 0.3) is 0 Å². The van der Waals surface area contributed by atoms with Gasteiger partial charge in [-0.2, -0.15) is 0 Å². The van der Waals surface area contributed by atoms with Crippen LogP contribution >= 0.6 is 0 Å². The van der Waals surface area contributed by atoms with E-state index >= 15 is 0 Å². The van der Waals surface area contributed by atoms with Crippen LogP contribution in [0.3, 0.4) is 0 Å². The van der Waals surface area contributed by atoms with E-state index in [1.807, 2.05) is 0 Å². The molecule has 1 saturated heterocycles. The average Bonchev–Trinajstić information content (AvgIpc) is 2.43. The zero-order chi connectivity index (χ0) is 13.8. The number of nitrogens with one attached hydrogen (secondary N) is 2. The lowest BCUT2D eigenvalue weighted by Crippen LogP contribution is -2.55. The number of alkyl halides is 2. The number of amides is 1. The molecule has 0 aromatic carbocycles. The highest BCUT2D eigenvalue weighted by atomic mass is 19.3. The first-order valence-corrected chi connectivity index (χ1v) is 7.08. The third-order valence-electron chi connectivity index (χ3n) is 4.24. The van der Waals surface area contributed by atoms with Crippen molar-refractivity contribution in [1.82, 2.24) is 10.6 Å². The summed E-state index contributed by atoms with van der Waals surface area (Å²) in [5, 5.41) is 14.7. The monoisotopic (exact) mass is 276 g/mol. The van der Waals surface area contributed by atoms with Gasteiger partial charge in [-0.3, -0.25) is 4.79 Å². The van der Waals surface area contributed by atoms with Crippen LogP contribution in [-0.2, 0) is 4.79 Å². The quantitative estimate of drug-likeness (QED) is 0.719. The van der Waals surface area contributed by atoms with Crippen LogP contribution in [0.15, 0.2) is 0 Å². The Hall–Kier alpha value is -0.750. The summed E-state index contributed by atoms with van der Waals surface area (Å²) in [4.78, 5) is 11.9. The van der Waals surface area contributed by atoms with E-state index in [1.54, 1.807) is 0 Å². The van der Waals surface area contributed by atoms with Crippen molar-refractivity contribution in [1.29, 1.82) is 0 Å². The summed E-state index contributed by atoms with van der Waals surface area (Å²) in [5.74, 6) is 0.383. The van der Waals surface area contributed by atoms with E-state index in [1.165, 1.54) is 19.3 Å². The van der Waals surface area contributed by atoms with Gasteiger partial charge in [-0.25, -0.2) is 8.78 Å². The minimum atomic E-state index is -2.82. The minimum absolute atomic E-state index is 0.274. The van der Waals surface area contributed by atoms with Gasteiger partial charge in [0.15, 0.2) is 0 Å². The van der Waals surface area contributed by atoms with Crippen molar-refractivity contribution >= 4 is 5.91 Å². The summed E-state index contributed by atoms with van der Waals surface area (Å²) < 4.78 is 24.3. The van der Waals surface area contributed by atoms with Crippen LogP contribution in [0.2, 0.25) is 0 Å². The standard InChI is InChI=1S/C13H22F2N2O2/c14-12(15)11(18)7-16-13(19)10-6-5-8-3-1-2-4-9(8)17-10/h8-12,17-18H,1-7H2,(H,16,19). The Morgan fingerprint density at radius 1 is 1.26 bits per heavy atom. The molecule has 1 heterocycles. The van der Waals surface area contributed by atoms with E-state index < -0.39 is 12.5 Å². The predicted molar refractivity (Wildman–Crippen MR) is 66.9 cm³/mol. The Morgan fingerprint density at radius 2 is 2.00 bits per heavy atom. The van der Waals surface area contributed by atoms with Gasteiger partial charge in [-0.1, -0.05) is 12.8 Å². The number of carbonyl (C=O) groups is 1. The second kappa shape index (κ2) is 6.61. The van der Waals surface area contributed by atoms with Crippen molar-refractivity contribution in [3.8, 4) is 0 Å². The molecule has 2 rings (SSSR count). The summed E-state index contributed by atoms with van der Waals surface area (Å²) in [6, 6.07) is 0.0856. The summed E-state index contributed by atoms with van der Waals surface area (Å²) >= 11 is 0. The summed E-state index contributed by atoms with van der Waals surface area (Å²) in [5.41, 5.74) is 0. The Morgan fingerprint density at radius 3 is 2.74 bits per heavy atom. The normalized spacial score (nSPS) is 32.7. The number of halogens is 2. The molecule has 0 radical (unpaired) electrons. The van der Waals surface area contributed by atoms with E-state index in [0.717, 1.165) is 19.3 Å². The van der Waals surface area contributed by atoms with E-state index in [9.17, 15) is 13.6 Å². The summed E-state index contributed by atoms with van der Waals surface area (Å²) in [7, 11) is 0. The largest absolute Gasteiger partial charge is 0.385 e. The van der Waals surface area contributed by atoms with Gasteiger partial charge in [0, 0.05) is 12.6 Å². The first-order valence-electron chi connectivity index (χ1n) is 7.08. The molecule has 2 fully saturated rings. The maximum Gasteiger partial charge on any atom is 0.265 e. The number of piperidine rings is 1. The van der Waals surface area contributed by atoms with Gasteiger partial charge in [0.25, 0.3) is 6.43 Å². The van der Waals surface area contributed by atoms with Crippen molar-refractivity contribution in [2.45, 2.75) is 63.1 Å². The Balaban J connectivity index is 1.77. The maximum atomic E-state index is 12.1. The Kier molecular flexibility index (Phi) is 5.10. The average molecular weight is 276 g/mol. The lowest BCUT2D eigenvalue weighted by Gasteiger charge is -2.39. The van der Waals surface area contributed by atoms with Gasteiger partial charge in [0.2, 0.25) is 5.91 Å². The number of rotatable bonds is 4. The summed E-state index contributed by atoms with van der Waals surface area (Å²) in [6.07, 6.45) is 1.93. The molecule has 0 aromatic rings. The zero-order valence-corrected chi connectivity index (χ0v) is 10.9. The molecule has 4 atom stereocenters. The van der Waals surface area contributed by atoms with Crippen molar-refractivity contribution in [2.75, 3.05) is 6.54 Å². The van der Waals surface area contributed by atoms with E-state index in [-0.39, 0.29) is 18.5 Å². The maximum absolute atomic E-state index is 12.1. The van der Waals surface area contributed by atoms with Crippen molar-refractivity contribution in [2.24, 2.45) is 5.92 Å². The number of hydrogen-bond acceptors (Lipinski definition) is 3. The molecule has 1 aliphatic carbocycles. The number of carbonyl (C=O) groups excluding carboxylic acids is 1. The minimum Gasteiger partial charge on any atom is -0.385 e. The molecule has 110 valence electrons. The molecule has 6 heteroatoms. The highest BCUT2D eigenvalue weighted by molar-refractivity contribution is 5.81. The molecule has 0 bridgehead atoms. The zero-order valence-electron chi connectivity index (χ0n) is 10.9. The van der Waals surface area contributed by atoms with E-state index in [2.05, 4.69) is 10.6 Å². The van der Waals surface area contributed by atoms with Gasteiger partial charge >= 0.3 is 0 Å². The van der Waals surface area contributed by atoms with E-state index in [4.69, 9.17) is 5.11 Å². The molecule has 1 saturated carbocycles. The molecule has 1 aliphatic heterocycles. The molecule has 1 amide bonds. The van der Waals surface area contributed by atoms with Crippen LogP contribution in [0, 0.1) is 5.92 Å². The fraction of sp³-hybridized carbons (Fsp3) is 0.923. The second-order valence-corrected chi connectivity index (χ2v) is 5.59. The van der Waals surface area contributed by atoms with Crippen LogP contribution < -0.4 is 10.6 Å². The van der Waals surface area contributed by atoms with Crippen molar-refractivity contribution in [3.63, 3.8) is 0 Å². The third-order valence-corrected chi connectivity index (χ3v) is 4.24. The van der Waals surface area contributed by atoms with Gasteiger partial charge in [-0.15, -0.1) is 0 Å². The predicted octanol–water partition coefficient (Wildman–Crippen LogP) is 1.04. The Bertz CT molecular complexity index is 315. The van der Waals surface area contributed by atoms with Gasteiger partial charge < -0.3 is 15.7 Å². The lowest BCUT2D eigenvalue weighted by atomic mass is 9.77. The fourth-order valence-corrected chi connectivity index (χ4v) is 3.12. The highest BCUT2D eigenvalue weighted by Crippen LogP contribution is 2.32. The van der Waals surface area contributed by atoms with Crippen LogP contribution in [0.1, 0.15) is 38.5 Å². The molecule has 0 aromatic heterocycles. The first-order chi connectivity index (χ1) is 9.08. The van der Waals surface area contributed by atoms with Crippen molar-refractivity contribution in [3.05, 3.63) is 0 Å². The smallest absolute Gasteiger partial charge is 0.265 e. The second-order valence-electron chi connectivity index (χ2n) is 5.59. The molecule has 19 heavy (non-hydrogen) atoms. The molecular formula is C13H22F2N2O2. The molecule has 4 nitrogen and oxygen atoms in total. The molecule has 4 unspecified atom stereocenters. The lowest BCUT2D eigenvalue weighted by molar-refractivity contribution is -0.125. The number of fused-ring (bicyclic) bond motifs is 1.